The maximum Gasteiger partial charge on any atom is 0.293 e. The predicted molar refractivity (Wildman–Crippen MR) is 78.2 cm³/mol. The predicted octanol–water partition coefficient (Wildman–Crippen LogP) is 3.66. The molecule has 2 heterocycles. The fourth-order valence-corrected chi connectivity index (χ4v) is 2.51. The van der Waals surface area contributed by atoms with Crippen LogP contribution in [0.2, 0.25) is 0 Å². The minimum absolute atomic E-state index is 0.271. The molecule has 0 bridgehead atoms. The van der Waals surface area contributed by atoms with Crippen LogP contribution in [0.3, 0.4) is 0 Å². The van der Waals surface area contributed by atoms with E-state index in [0.29, 0.717) is 16.6 Å². The number of nitrogens with one attached hydrogen (secondary N) is 1. The van der Waals surface area contributed by atoms with Gasteiger partial charge < -0.3 is 4.42 Å². The molecule has 0 fully saturated rings. The molecule has 0 radical (unpaired) electrons. The third-order valence-corrected chi connectivity index (χ3v) is 3.94. The minimum Gasteiger partial charge on any atom is -0.451 e. The van der Waals surface area contributed by atoms with Gasteiger partial charge in [-0.1, -0.05) is 43.4 Å². The number of rotatable bonds is 3. The van der Waals surface area contributed by atoms with Crippen molar-refractivity contribution in [2.24, 2.45) is 0 Å². The highest BCUT2D eigenvalue weighted by Gasteiger charge is 2.15. The van der Waals surface area contributed by atoms with Gasteiger partial charge in [0.15, 0.2) is 5.76 Å². The molecule has 0 aliphatic carbocycles. The maximum absolute atomic E-state index is 12.1. The normalized spacial score (nSPS) is 11.2. The van der Waals surface area contributed by atoms with Gasteiger partial charge in [0, 0.05) is 11.3 Å². The van der Waals surface area contributed by atoms with Crippen molar-refractivity contribution in [3.63, 3.8) is 0 Å². The molecule has 3 aromatic rings. The molecule has 0 spiro atoms. The van der Waals surface area contributed by atoms with Crippen molar-refractivity contribution >= 4 is 33.3 Å². The highest BCUT2D eigenvalue weighted by molar-refractivity contribution is 7.15. The van der Waals surface area contributed by atoms with Crippen molar-refractivity contribution < 1.29 is 9.21 Å². The first-order chi connectivity index (χ1) is 9.63. The van der Waals surface area contributed by atoms with Gasteiger partial charge in [0.05, 0.1) is 0 Å². The Morgan fingerprint density at radius 2 is 2.10 bits per heavy atom. The zero-order valence-corrected chi connectivity index (χ0v) is 11.9. The fourth-order valence-electron chi connectivity index (χ4n) is 1.77. The third kappa shape index (κ3) is 2.42. The number of aromatic nitrogens is 2. The Bertz CT molecular complexity index is 727. The Kier molecular flexibility index (Phi) is 3.23. The second kappa shape index (κ2) is 5.05. The highest BCUT2D eigenvalue weighted by Crippen LogP contribution is 2.24. The van der Waals surface area contributed by atoms with E-state index in [1.54, 1.807) is 6.07 Å². The minimum atomic E-state index is -0.312. The number of nitrogens with zero attached hydrogens (tertiary/aromatic N) is 2. The van der Waals surface area contributed by atoms with Crippen molar-refractivity contribution in [2.45, 2.75) is 19.8 Å². The third-order valence-electron chi connectivity index (χ3n) is 2.80. The van der Waals surface area contributed by atoms with Crippen LogP contribution in [0.5, 0.6) is 0 Å². The quantitative estimate of drug-likeness (QED) is 0.798. The van der Waals surface area contributed by atoms with Crippen molar-refractivity contribution in [1.82, 2.24) is 10.2 Å². The number of hydrogen-bond donors (Lipinski definition) is 1. The average Bonchev–Trinajstić information content (AvgIpc) is 3.04. The molecule has 0 unspecified atom stereocenters. The van der Waals surface area contributed by atoms with Crippen LogP contribution in [0.25, 0.3) is 11.0 Å². The highest BCUT2D eigenvalue weighted by atomic mass is 32.1. The van der Waals surface area contributed by atoms with Gasteiger partial charge in [-0.05, 0) is 12.1 Å². The number of carbonyl (C=O) groups excluding carboxylic acids is 1. The summed E-state index contributed by atoms with van der Waals surface area (Å²) in [6.45, 7) is 4.07. The topological polar surface area (TPSA) is 68.0 Å². The monoisotopic (exact) mass is 287 g/mol. The first kappa shape index (κ1) is 12.8. The van der Waals surface area contributed by atoms with Gasteiger partial charge in [0.25, 0.3) is 5.91 Å². The number of fused-ring (bicyclic) bond motifs is 1. The molecule has 20 heavy (non-hydrogen) atoms. The van der Waals surface area contributed by atoms with Crippen LogP contribution < -0.4 is 5.32 Å². The number of anilines is 1. The Balaban J connectivity index is 1.81. The van der Waals surface area contributed by atoms with E-state index in [9.17, 15) is 4.79 Å². The van der Waals surface area contributed by atoms with Crippen LogP contribution in [0.4, 0.5) is 5.13 Å². The molecule has 2 aromatic heterocycles. The lowest BCUT2D eigenvalue weighted by Gasteiger charge is -1.96. The maximum atomic E-state index is 12.1. The van der Waals surface area contributed by atoms with Crippen molar-refractivity contribution in [1.29, 1.82) is 0 Å². The number of para-hydroxylation sites is 1. The summed E-state index contributed by atoms with van der Waals surface area (Å²) in [7, 11) is 0. The van der Waals surface area contributed by atoms with E-state index in [1.165, 1.54) is 11.3 Å². The second-order valence-electron chi connectivity index (χ2n) is 4.70. The summed E-state index contributed by atoms with van der Waals surface area (Å²) >= 11 is 1.38. The molecule has 102 valence electrons. The number of amides is 1. The van der Waals surface area contributed by atoms with E-state index >= 15 is 0 Å². The van der Waals surface area contributed by atoms with Crippen LogP contribution in [0.1, 0.15) is 35.3 Å². The Morgan fingerprint density at radius 1 is 1.30 bits per heavy atom. The SMILES string of the molecule is CC(C)c1nnc(NC(=O)c2cc3ccccc3o2)s1. The van der Waals surface area contributed by atoms with Crippen molar-refractivity contribution in [3.8, 4) is 0 Å². The zero-order chi connectivity index (χ0) is 14.1. The molecular formula is C14H13N3O2S. The number of furan rings is 1. The van der Waals surface area contributed by atoms with Crippen LogP contribution in [-0.4, -0.2) is 16.1 Å². The van der Waals surface area contributed by atoms with Crippen molar-refractivity contribution in [3.05, 3.63) is 41.1 Å². The van der Waals surface area contributed by atoms with E-state index in [0.717, 1.165) is 10.4 Å². The van der Waals surface area contributed by atoms with Crippen LogP contribution >= 0.6 is 11.3 Å². The van der Waals surface area contributed by atoms with Gasteiger partial charge in [0.1, 0.15) is 10.6 Å². The van der Waals surface area contributed by atoms with E-state index in [-0.39, 0.29) is 11.7 Å². The van der Waals surface area contributed by atoms with E-state index in [4.69, 9.17) is 4.42 Å². The molecule has 3 rings (SSSR count). The number of carbonyl (C=O) groups is 1. The van der Waals surface area contributed by atoms with Crippen LogP contribution in [0, 0.1) is 0 Å². The van der Waals surface area contributed by atoms with Crippen molar-refractivity contribution in [2.75, 3.05) is 5.32 Å². The summed E-state index contributed by atoms with van der Waals surface area (Å²) in [6, 6.07) is 9.22. The Hall–Kier alpha value is -2.21. The molecule has 0 aliphatic rings. The number of benzene rings is 1. The lowest BCUT2D eigenvalue weighted by molar-refractivity contribution is 0.0998. The summed E-state index contributed by atoms with van der Waals surface area (Å²) in [6.07, 6.45) is 0. The summed E-state index contributed by atoms with van der Waals surface area (Å²) < 4.78 is 5.50. The summed E-state index contributed by atoms with van der Waals surface area (Å²) in [5.41, 5.74) is 0.692. The zero-order valence-electron chi connectivity index (χ0n) is 11.1. The average molecular weight is 287 g/mol. The van der Waals surface area contributed by atoms with Gasteiger partial charge in [-0.15, -0.1) is 10.2 Å². The summed E-state index contributed by atoms with van der Waals surface area (Å²) in [5, 5.41) is 13.0. The van der Waals surface area contributed by atoms with Crippen LogP contribution in [-0.2, 0) is 0 Å². The molecule has 0 atom stereocenters. The lowest BCUT2D eigenvalue weighted by Crippen LogP contribution is -2.10. The molecule has 0 saturated carbocycles. The van der Waals surface area contributed by atoms with Gasteiger partial charge in [-0.25, -0.2) is 0 Å². The van der Waals surface area contributed by atoms with Gasteiger partial charge in [-0.3, -0.25) is 10.1 Å². The smallest absolute Gasteiger partial charge is 0.293 e. The molecule has 6 heteroatoms. The molecule has 0 aliphatic heterocycles. The molecule has 0 saturated heterocycles. The lowest BCUT2D eigenvalue weighted by atomic mass is 10.2. The molecule has 1 aromatic carbocycles. The standard InChI is InChI=1S/C14H13N3O2S/c1-8(2)13-16-17-14(20-13)15-12(18)11-7-9-5-3-4-6-10(9)19-11/h3-8H,1-2H3,(H,15,17,18). The van der Waals surface area contributed by atoms with Gasteiger partial charge in [0.2, 0.25) is 5.13 Å². The molecule has 1 N–H and O–H groups in total. The molecule has 1 amide bonds. The second-order valence-corrected chi connectivity index (χ2v) is 5.71. The summed E-state index contributed by atoms with van der Waals surface area (Å²) in [5.74, 6) is 0.254. The first-order valence-electron chi connectivity index (χ1n) is 6.27. The van der Waals surface area contributed by atoms with E-state index < -0.39 is 0 Å². The summed E-state index contributed by atoms with van der Waals surface area (Å²) in [4.78, 5) is 12.1. The first-order valence-corrected chi connectivity index (χ1v) is 7.08. The Labute approximate surface area is 119 Å². The Morgan fingerprint density at radius 3 is 2.80 bits per heavy atom. The van der Waals surface area contributed by atoms with Crippen LogP contribution in [0.15, 0.2) is 34.7 Å². The largest absolute Gasteiger partial charge is 0.451 e. The molecule has 5 nitrogen and oxygen atoms in total. The number of hydrogen-bond acceptors (Lipinski definition) is 5. The van der Waals surface area contributed by atoms with E-state index in [2.05, 4.69) is 15.5 Å². The van der Waals surface area contributed by atoms with E-state index in [1.807, 2.05) is 38.1 Å². The fraction of sp³-hybridized carbons (Fsp3) is 0.214. The van der Waals surface area contributed by atoms with Gasteiger partial charge in [-0.2, -0.15) is 0 Å². The molecular weight excluding hydrogens is 274 g/mol. The van der Waals surface area contributed by atoms with Gasteiger partial charge >= 0.3 is 0 Å².